The van der Waals surface area contributed by atoms with E-state index in [1.54, 1.807) is 22.9 Å². The third kappa shape index (κ3) is 1.96. The van der Waals surface area contributed by atoms with Crippen LogP contribution in [0.25, 0.3) is 5.69 Å². The zero-order chi connectivity index (χ0) is 12.6. The lowest BCUT2D eigenvalue weighted by Crippen LogP contribution is -2.03. The Hall–Kier alpha value is -1.32. The number of benzene rings is 1. The van der Waals surface area contributed by atoms with Gasteiger partial charge in [0, 0.05) is 0 Å². The van der Waals surface area contributed by atoms with E-state index < -0.39 is 0 Å². The van der Waals surface area contributed by atoms with Crippen molar-refractivity contribution in [3.8, 4) is 5.69 Å². The molecule has 1 aromatic heterocycles. The molecule has 0 radical (unpaired) electrons. The smallest absolute Gasteiger partial charge is 0.153 e. The third-order valence-corrected chi connectivity index (χ3v) is 3.46. The summed E-state index contributed by atoms with van der Waals surface area (Å²) in [6.45, 7) is 3.66. The summed E-state index contributed by atoms with van der Waals surface area (Å²) in [6.07, 6.45) is 0.724. The van der Waals surface area contributed by atoms with Gasteiger partial charge in [-0.1, -0.05) is 29.3 Å². The minimum atomic E-state index is 0.404. The van der Waals surface area contributed by atoms with Gasteiger partial charge in [0.15, 0.2) is 6.29 Å². The van der Waals surface area contributed by atoms with Crippen LogP contribution >= 0.6 is 23.2 Å². The van der Waals surface area contributed by atoms with Gasteiger partial charge in [0.1, 0.15) is 0 Å². The Balaban J connectivity index is 2.72. The molecule has 0 amide bonds. The van der Waals surface area contributed by atoms with Gasteiger partial charge >= 0.3 is 0 Å². The van der Waals surface area contributed by atoms with Gasteiger partial charge in [0.05, 0.1) is 32.7 Å². The molecule has 1 aromatic carbocycles. The second-order valence-electron chi connectivity index (χ2n) is 3.69. The number of halogens is 2. The lowest BCUT2D eigenvalue weighted by Gasteiger charge is -2.08. The number of aryl methyl sites for hydroxylation is 1. The van der Waals surface area contributed by atoms with Crippen LogP contribution in [0.5, 0.6) is 0 Å². The molecule has 0 saturated heterocycles. The van der Waals surface area contributed by atoms with Crippen LogP contribution in [0.3, 0.4) is 0 Å². The Labute approximate surface area is 109 Å². The van der Waals surface area contributed by atoms with E-state index in [0.29, 0.717) is 21.3 Å². The number of carbonyl (C=O) groups is 1. The molecule has 0 aliphatic heterocycles. The lowest BCUT2D eigenvalue weighted by atomic mass is 10.2. The maximum Gasteiger partial charge on any atom is 0.153 e. The highest BCUT2D eigenvalue weighted by Crippen LogP contribution is 2.26. The van der Waals surface area contributed by atoms with Gasteiger partial charge in [-0.05, 0) is 26.0 Å². The number of carbonyl (C=O) groups excluding carboxylic acids is 1. The number of nitrogens with zero attached hydrogens (tertiary/aromatic N) is 2. The molecule has 0 fully saturated rings. The summed E-state index contributed by atoms with van der Waals surface area (Å²) in [6, 6.07) is 5.22. The van der Waals surface area contributed by atoms with E-state index in [9.17, 15) is 4.79 Å². The molecule has 2 rings (SSSR count). The minimum Gasteiger partial charge on any atom is -0.298 e. The van der Waals surface area contributed by atoms with Crippen molar-refractivity contribution in [1.29, 1.82) is 0 Å². The van der Waals surface area contributed by atoms with Crippen molar-refractivity contribution >= 4 is 29.5 Å². The highest BCUT2D eigenvalue weighted by molar-refractivity contribution is 6.33. The van der Waals surface area contributed by atoms with Crippen molar-refractivity contribution in [1.82, 2.24) is 9.78 Å². The SMILES string of the molecule is Cc1nn(-c2cccc(Cl)c2C=O)c(C)c1Cl. The van der Waals surface area contributed by atoms with Crippen molar-refractivity contribution in [3.63, 3.8) is 0 Å². The molecule has 2 aromatic rings. The third-order valence-electron chi connectivity index (χ3n) is 2.58. The van der Waals surface area contributed by atoms with Crippen molar-refractivity contribution in [2.24, 2.45) is 0 Å². The van der Waals surface area contributed by atoms with Gasteiger partial charge < -0.3 is 0 Å². The van der Waals surface area contributed by atoms with E-state index in [-0.39, 0.29) is 0 Å². The molecule has 0 spiro atoms. The van der Waals surface area contributed by atoms with Gasteiger partial charge in [-0.25, -0.2) is 4.68 Å². The Kier molecular flexibility index (Phi) is 3.22. The normalized spacial score (nSPS) is 10.6. The fourth-order valence-electron chi connectivity index (χ4n) is 1.69. The minimum absolute atomic E-state index is 0.404. The maximum atomic E-state index is 11.1. The largest absolute Gasteiger partial charge is 0.298 e. The molecule has 1 heterocycles. The Morgan fingerprint density at radius 3 is 2.53 bits per heavy atom. The van der Waals surface area contributed by atoms with Crippen LogP contribution in [-0.4, -0.2) is 16.1 Å². The first kappa shape index (κ1) is 12.1. The van der Waals surface area contributed by atoms with Crippen molar-refractivity contribution in [2.45, 2.75) is 13.8 Å². The zero-order valence-corrected chi connectivity index (χ0v) is 10.9. The first-order valence-corrected chi connectivity index (χ1v) is 5.77. The second-order valence-corrected chi connectivity index (χ2v) is 4.47. The number of rotatable bonds is 2. The molecule has 0 aliphatic rings. The molecule has 0 atom stereocenters. The maximum absolute atomic E-state index is 11.1. The number of hydrogen-bond acceptors (Lipinski definition) is 2. The molecule has 0 unspecified atom stereocenters. The van der Waals surface area contributed by atoms with Crippen molar-refractivity contribution in [3.05, 3.63) is 45.2 Å². The molecule has 0 N–H and O–H groups in total. The molecule has 0 saturated carbocycles. The Bertz CT molecular complexity index is 590. The summed E-state index contributed by atoms with van der Waals surface area (Å²) in [4.78, 5) is 11.1. The summed E-state index contributed by atoms with van der Waals surface area (Å²) in [5, 5.41) is 5.30. The van der Waals surface area contributed by atoms with E-state index in [4.69, 9.17) is 23.2 Å². The second kappa shape index (κ2) is 4.51. The Morgan fingerprint density at radius 2 is 2.00 bits per heavy atom. The summed E-state index contributed by atoms with van der Waals surface area (Å²) < 4.78 is 1.63. The lowest BCUT2D eigenvalue weighted by molar-refractivity contribution is 0.112. The van der Waals surface area contributed by atoms with E-state index >= 15 is 0 Å². The molecule has 0 aliphatic carbocycles. The van der Waals surface area contributed by atoms with Gasteiger partial charge in [0.25, 0.3) is 0 Å². The summed E-state index contributed by atoms with van der Waals surface area (Å²) in [7, 11) is 0. The average Bonchev–Trinajstić information content (AvgIpc) is 2.56. The molecule has 88 valence electrons. The molecule has 3 nitrogen and oxygen atoms in total. The number of hydrogen-bond donors (Lipinski definition) is 0. The standard InChI is InChI=1S/C12H10Cl2N2O/c1-7-12(14)8(2)16(15-7)11-5-3-4-10(13)9(11)6-17/h3-6H,1-2H3. The van der Waals surface area contributed by atoms with Crippen molar-refractivity contribution < 1.29 is 4.79 Å². The summed E-state index contributed by atoms with van der Waals surface area (Å²) in [5.41, 5.74) is 2.56. The van der Waals surface area contributed by atoms with E-state index in [0.717, 1.165) is 17.7 Å². The fraction of sp³-hybridized carbons (Fsp3) is 0.167. The predicted octanol–water partition coefficient (Wildman–Crippen LogP) is 3.61. The highest BCUT2D eigenvalue weighted by atomic mass is 35.5. The molecular weight excluding hydrogens is 259 g/mol. The van der Waals surface area contributed by atoms with Gasteiger partial charge in [0.2, 0.25) is 0 Å². The number of aromatic nitrogens is 2. The quantitative estimate of drug-likeness (QED) is 0.780. The van der Waals surface area contributed by atoms with Crippen LogP contribution < -0.4 is 0 Å². The highest BCUT2D eigenvalue weighted by Gasteiger charge is 2.14. The molecule has 0 bridgehead atoms. The van der Waals surface area contributed by atoms with Gasteiger partial charge in [-0.2, -0.15) is 5.10 Å². The number of aldehydes is 1. The molecule has 5 heteroatoms. The molecular formula is C12H10Cl2N2O. The van der Waals surface area contributed by atoms with Gasteiger partial charge in [-0.3, -0.25) is 4.79 Å². The summed E-state index contributed by atoms with van der Waals surface area (Å²) in [5.74, 6) is 0. The van der Waals surface area contributed by atoms with Crippen LogP contribution in [0.4, 0.5) is 0 Å². The topological polar surface area (TPSA) is 34.9 Å². The van der Waals surface area contributed by atoms with Crippen molar-refractivity contribution in [2.75, 3.05) is 0 Å². The Morgan fingerprint density at radius 1 is 1.29 bits per heavy atom. The van der Waals surface area contributed by atoms with Gasteiger partial charge in [-0.15, -0.1) is 0 Å². The van der Waals surface area contributed by atoms with E-state index in [2.05, 4.69) is 5.10 Å². The van der Waals surface area contributed by atoms with Crippen LogP contribution in [0.2, 0.25) is 10.0 Å². The summed E-state index contributed by atoms with van der Waals surface area (Å²) >= 11 is 12.1. The monoisotopic (exact) mass is 268 g/mol. The average molecular weight is 269 g/mol. The van der Waals surface area contributed by atoms with Crippen LogP contribution in [-0.2, 0) is 0 Å². The first-order chi connectivity index (χ1) is 8.06. The fourth-order valence-corrected chi connectivity index (χ4v) is 2.02. The first-order valence-electron chi connectivity index (χ1n) is 5.02. The molecule has 17 heavy (non-hydrogen) atoms. The van der Waals surface area contributed by atoms with Crippen LogP contribution in [0, 0.1) is 13.8 Å². The van der Waals surface area contributed by atoms with E-state index in [1.165, 1.54) is 0 Å². The van der Waals surface area contributed by atoms with E-state index in [1.807, 2.05) is 13.8 Å². The predicted molar refractivity (Wildman–Crippen MR) is 68.4 cm³/mol. The van der Waals surface area contributed by atoms with Crippen LogP contribution in [0.1, 0.15) is 21.7 Å². The van der Waals surface area contributed by atoms with Crippen LogP contribution in [0.15, 0.2) is 18.2 Å². The zero-order valence-electron chi connectivity index (χ0n) is 9.37.